The van der Waals surface area contributed by atoms with Crippen molar-refractivity contribution < 1.29 is 9.53 Å². The highest BCUT2D eigenvalue weighted by molar-refractivity contribution is 14.0. The Morgan fingerprint density at radius 1 is 1.03 bits per heavy atom. The quantitative estimate of drug-likeness (QED) is 0.167. The molecular formula is C22H43IN4O2. The van der Waals surface area contributed by atoms with E-state index in [-0.39, 0.29) is 29.9 Å². The van der Waals surface area contributed by atoms with Gasteiger partial charge in [0.05, 0.1) is 0 Å². The fourth-order valence-electron chi connectivity index (χ4n) is 4.67. The van der Waals surface area contributed by atoms with Crippen LogP contribution in [0.4, 0.5) is 0 Å². The summed E-state index contributed by atoms with van der Waals surface area (Å²) in [5, 5.41) is 9.88. The Morgan fingerprint density at radius 3 is 2.38 bits per heavy atom. The first kappa shape index (κ1) is 26.5. The predicted molar refractivity (Wildman–Crippen MR) is 131 cm³/mol. The number of aliphatic imine (C=N–C) groups is 1. The minimum absolute atomic E-state index is 0. The molecule has 0 aromatic heterocycles. The van der Waals surface area contributed by atoms with Gasteiger partial charge >= 0.3 is 0 Å². The lowest BCUT2D eigenvalue weighted by atomic mass is 9.83. The first-order valence-electron chi connectivity index (χ1n) is 11.5. The SMILES string of the molecule is CCOCCC1(CNC(=NC)NCCNC(=O)CC2CCCCC2)CCCC1.I. The number of guanidine groups is 1. The first-order chi connectivity index (χ1) is 13.7. The molecule has 29 heavy (non-hydrogen) atoms. The Morgan fingerprint density at radius 2 is 1.72 bits per heavy atom. The van der Waals surface area contributed by atoms with Gasteiger partial charge in [-0.15, -0.1) is 24.0 Å². The lowest BCUT2D eigenvalue weighted by molar-refractivity contribution is -0.122. The van der Waals surface area contributed by atoms with Crippen molar-refractivity contribution in [1.29, 1.82) is 0 Å². The van der Waals surface area contributed by atoms with Crippen LogP contribution in [-0.4, -0.2) is 51.8 Å². The number of carbonyl (C=O) groups excluding carboxylic acids is 1. The highest BCUT2D eigenvalue weighted by Crippen LogP contribution is 2.40. The molecule has 2 rings (SSSR count). The summed E-state index contributed by atoms with van der Waals surface area (Å²) < 4.78 is 5.60. The molecule has 0 spiro atoms. The average Bonchev–Trinajstić information content (AvgIpc) is 3.17. The largest absolute Gasteiger partial charge is 0.382 e. The van der Waals surface area contributed by atoms with Crippen LogP contribution in [-0.2, 0) is 9.53 Å². The molecule has 6 nitrogen and oxygen atoms in total. The molecule has 0 aliphatic heterocycles. The number of hydrogen-bond donors (Lipinski definition) is 3. The third-order valence-electron chi connectivity index (χ3n) is 6.44. The summed E-state index contributed by atoms with van der Waals surface area (Å²) in [4.78, 5) is 16.4. The van der Waals surface area contributed by atoms with Gasteiger partial charge in [0.25, 0.3) is 0 Å². The highest BCUT2D eigenvalue weighted by atomic mass is 127. The van der Waals surface area contributed by atoms with Gasteiger partial charge in [0.2, 0.25) is 5.91 Å². The molecule has 2 aliphatic rings. The zero-order chi connectivity index (χ0) is 20.1. The summed E-state index contributed by atoms with van der Waals surface area (Å²) in [5.74, 6) is 1.61. The van der Waals surface area contributed by atoms with Crippen molar-refractivity contribution >= 4 is 35.8 Å². The molecule has 1 amide bonds. The number of ether oxygens (including phenoxy) is 1. The van der Waals surface area contributed by atoms with Crippen molar-refractivity contribution in [2.24, 2.45) is 16.3 Å². The van der Waals surface area contributed by atoms with E-state index in [4.69, 9.17) is 4.74 Å². The molecule has 0 atom stereocenters. The van der Waals surface area contributed by atoms with Crippen LogP contribution in [0.3, 0.4) is 0 Å². The van der Waals surface area contributed by atoms with Crippen molar-refractivity contribution in [2.45, 2.75) is 77.6 Å². The minimum Gasteiger partial charge on any atom is -0.382 e. The molecule has 0 heterocycles. The molecule has 2 fully saturated rings. The number of rotatable bonds is 11. The number of hydrogen-bond acceptors (Lipinski definition) is 3. The second kappa shape index (κ2) is 15.3. The maximum Gasteiger partial charge on any atom is 0.220 e. The van der Waals surface area contributed by atoms with Gasteiger partial charge in [-0.05, 0) is 50.4 Å². The molecular weight excluding hydrogens is 479 g/mol. The maximum absolute atomic E-state index is 12.1. The van der Waals surface area contributed by atoms with Gasteiger partial charge < -0.3 is 20.7 Å². The fraction of sp³-hybridized carbons (Fsp3) is 0.909. The standard InChI is InChI=1S/C22H42N4O2.HI/c1-3-28-16-13-22(11-7-8-12-22)18-26-21(23-2)25-15-14-24-20(27)17-19-9-5-4-6-10-19;/h19H,3-18H2,1-2H3,(H,24,27)(H2,23,25,26);1H. The van der Waals surface area contributed by atoms with Crippen LogP contribution in [0.1, 0.15) is 77.6 Å². The summed E-state index contributed by atoms with van der Waals surface area (Å²) in [5.41, 5.74) is 0.334. The summed E-state index contributed by atoms with van der Waals surface area (Å²) in [6, 6.07) is 0. The van der Waals surface area contributed by atoms with Crippen molar-refractivity contribution in [3.8, 4) is 0 Å². The molecule has 0 aromatic carbocycles. The Balaban J connectivity index is 0.00000420. The van der Waals surface area contributed by atoms with E-state index in [2.05, 4.69) is 27.9 Å². The second-order valence-electron chi connectivity index (χ2n) is 8.56. The lowest BCUT2D eigenvalue weighted by Gasteiger charge is -2.30. The molecule has 0 saturated heterocycles. The zero-order valence-electron chi connectivity index (χ0n) is 18.6. The van der Waals surface area contributed by atoms with E-state index in [0.717, 1.165) is 32.1 Å². The number of nitrogens with one attached hydrogen (secondary N) is 3. The number of halogens is 1. The Hall–Kier alpha value is -0.570. The molecule has 3 N–H and O–H groups in total. The number of nitrogens with zero attached hydrogens (tertiary/aromatic N) is 1. The second-order valence-corrected chi connectivity index (χ2v) is 8.56. The molecule has 0 aromatic rings. The van der Waals surface area contributed by atoms with Gasteiger partial charge in [0.1, 0.15) is 0 Å². The molecule has 0 bridgehead atoms. The van der Waals surface area contributed by atoms with Gasteiger partial charge in [-0.1, -0.05) is 32.1 Å². The summed E-state index contributed by atoms with van der Waals surface area (Å²) in [6.07, 6.45) is 13.3. The van der Waals surface area contributed by atoms with Gasteiger partial charge in [-0.25, -0.2) is 0 Å². The van der Waals surface area contributed by atoms with E-state index in [1.54, 1.807) is 7.05 Å². The molecule has 7 heteroatoms. The summed E-state index contributed by atoms with van der Waals surface area (Å²) >= 11 is 0. The van der Waals surface area contributed by atoms with E-state index in [9.17, 15) is 4.79 Å². The van der Waals surface area contributed by atoms with E-state index in [1.807, 2.05) is 0 Å². The summed E-state index contributed by atoms with van der Waals surface area (Å²) in [6.45, 7) is 5.97. The smallest absolute Gasteiger partial charge is 0.220 e. The van der Waals surface area contributed by atoms with Gasteiger partial charge in [-0.3, -0.25) is 9.79 Å². The Bertz CT molecular complexity index is 475. The Kier molecular flexibility index (Phi) is 13.9. The molecule has 0 radical (unpaired) electrons. The van der Waals surface area contributed by atoms with Crippen LogP contribution < -0.4 is 16.0 Å². The molecule has 2 aliphatic carbocycles. The summed E-state index contributed by atoms with van der Waals surface area (Å²) in [7, 11) is 1.80. The normalized spacial score (nSPS) is 19.4. The highest BCUT2D eigenvalue weighted by Gasteiger charge is 2.33. The zero-order valence-corrected chi connectivity index (χ0v) is 20.9. The third kappa shape index (κ3) is 10.3. The van der Waals surface area contributed by atoms with E-state index in [1.165, 1.54) is 57.8 Å². The fourth-order valence-corrected chi connectivity index (χ4v) is 4.67. The van der Waals surface area contributed by atoms with E-state index < -0.39 is 0 Å². The monoisotopic (exact) mass is 522 g/mol. The maximum atomic E-state index is 12.1. The van der Waals surface area contributed by atoms with E-state index >= 15 is 0 Å². The van der Waals surface area contributed by atoms with Crippen molar-refractivity contribution in [3.05, 3.63) is 0 Å². The van der Waals surface area contributed by atoms with Crippen LogP contribution >= 0.6 is 24.0 Å². The van der Waals surface area contributed by atoms with Crippen LogP contribution in [0.5, 0.6) is 0 Å². The van der Waals surface area contributed by atoms with E-state index in [0.29, 0.717) is 30.8 Å². The topological polar surface area (TPSA) is 74.8 Å². The third-order valence-corrected chi connectivity index (χ3v) is 6.44. The predicted octanol–water partition coefficient (Wildman–Crippen LogP) is 3.84. The van der Waals surface area contributed by atoms with Crippen LogP contribution in [0.15, 0.2) is 4.99 Å². The van der Waals surface area contributed by atoms with Gasteiger partial charge in [-0.2, -0.15) is 0 Å². The minimum atomic E-state index is 0. The van der Waals surface area contributed by atoms with Crippen molar-refractivity contribution in [1.82, 2.24) is 16.0 Å². The van der Waals surface area contributed by atoms with Crippen molar-refractivity contribution in [3.63, 3.8) is 0 Å². The lowest BCUT2D eigenvalue weighted by Crippen LogP contribution is -2.45. The Labute approximate surface area is 194 Å². The molecule has 2 saturated carbocycles. The average molecular weight is 523 g/mol. The van der Waals surface area contributed by atoms with Crippen LogP contribution in [0.25, 0.3) is 0 Å². The van der Waals surface area contributed by atoms with Crippen molar-refractivity contribution in [2.75, 3.05) is 39.9 Å². The number of carbonyl (C=O) groups is 1. The van der Waals surface area contributed by atoms with Gasteiger partial charge in [0.15, 0.2) is 5.96 Å². The van der Waals surface area contributed by atoms with Crippen LogP contribution in [0, 0.1) is 11.3 Å². The molecule has 0 unspecified atom stereocenters. The number of amides is 1. The van der Waals surface area contributed by atoms with Crippen LogP contribution in [0.2, 0.25) is 0 Å². The molecule has 170 valence electrons. The van der Waals surface area contributed by atoms with Gasteiger partial charge in [0, 0.05) is 46.3 Å². The first-order valence-corrected chi connectivity index (χ1v) is 11.5.